The lowest BCUT2D eigenvalue weighted by molar-refractivity contribution is -0.120. The van der Waals surface area contributed by atoms with Crippen LogP contribution in [-0.2, 0) is 26.8 Å². The number of piperidine rings is 1. The number of benzene rings is 1. The summed E-state index contributed by atoms with van der Waals surface area (Å²) in [5.41, 5.74) is 1.65. The number of sulfonamides is 1. The minimum Gasteiger partial charge on any atom is -0.347 e. The number of hydrogen-bond acceptors (Lipinski definition) is 5. The molecule has 0 radical (unpaired) electrons. The number of allylic oxidation sites excluding steroid dienone is 1. The molecule has 0 spiro atoms. The van der Waals surface area contributed by atoms with E-state index in [2.05, 4.69) is 42.6 Å². The summed E-state index contributed by atoms with van der Waals surface area (Å²) in [5.74, 6) is 0.862. The van der Waals surface area contributed by atoms with Crippen LogP contribution in [-0.4, -0.2) is 61.0 Å². The third-order valence-corrected chi connectivity index (χ3v) is 9.37. The number of hydrogen-bond donors (Lipinski definition) is 1. The van der Waals surface area contributed by atoms with Crippen LogP contribution in [0.15, 0.2) is 41.3 Å². The molecular formula is C28H41N5O3S. The molecule has 202 valence electrons. The highest BCUT2D eigenvalue weighted by molar-refractivity contribution is 7.96. The van der Waals surface area contributed by atoms with Gasteiger partial charge < -0.3 is 14.8 Å². The van der Waals surface area contributed by atoms with Gasteiger partial charge >= 0.3 is 0 Å². The molecule has 0 bridgehead atoms. The summed E-state index contributed by atoms with van der Waals surface area (Å²) in [6.07, 6.45) is 9.06. The van der Waals surface area contributed by atoms with Crippen molar-refractivity contribution in [1.82, 2.24) is 19.8 Å². The zero-order chi connectivity index (χ0) is 27.2. The van der Waals surface area contributed by atoms with Crippen LogP contribution in [0.1, 0.15) is 66.1 Å². The number of carbonyl (C=O) groups is 1. The molecule has 2 aromatic rings. The Morgan fingerprint density at radius 2 is 2.00 bits per heavy atom. The lowest BCUT2D eigenvalue weighted by Gasteiger charge is -2.34. The second-order valence-corrected chi connectivity index (χ2v) is 13.8. The number of imidazole rings is 1. The van der Waals surface area contributed by atoms with E-state index in [4.69, 9.17) is 4.98 Å². The maximum Gasteiger partial charge on any atom is 0.263 e. The quantitative estimate of drug-likeness (QED) is 0.605. The van der Waals surface area contributed by atoms with E-state index in [9.17, 15) is 13.2 Å². The van der Waals surface area contributed by atoms with Gasteiger partial charge in [0.25, 0.3) is 10.0 Å². The minimum atomic E-state index is -3.77. The van der Waals surface area contributed by atoms with Gasteiger partial charge in [0.1, 0.15) is 5.82 Å². The zero-order valence-corrected chi connectivity index (χ0v) is 24.0. The topological polar surface area (TPSA) is 87.5 Å². The van der Waals surface area contributed by atoms with E-state index < -0.39 is 15.6 Å². The van der Waals surface area contributed by atoms with E-state index in [0.29, 0.717) is 18.2 Å². The predicted octanol–water partition coefficient (Wildman–Crippen LogP) is 4.32. The van der Waals surface area contributed by atoms with E-state index in [1.807, 2.05) is 25.1 Å². The number of anilines is 1. The molecule has 4 rings (SSSR count). The number of likely N-dealkylation sites (N-methyl/N-ethyl adjacent to an activating group) is 1. The number of amides is 1. The highest BCUT2D eigenvalue weighted by Crippen LogP contribution is 2.33. The first-order valence-electron chi connectivity index (χ1n) is 13.1. The molecule has 0 saturated carbocycles. The Balaban J connectivity index is 1.65. The van der Waals surface area contributed by atoms with Crippen LogP contribution in [0, 0.1) is 0 Å². The van der Waals surface area contributed by atoms with Gasteiger partial charge in [-0.15, -0.1) is 0 Å². The maximum absolute atomic E-state index is 13.5. The molecule has 37 heavy (non-hydrogen) atoms. The van der Waals surface area contributed by atoms with Crippen LogP contribution >= 0.6 is 0 Å². The SMILES string of the molecule is CC(=O)N[C@@]1(C)C=CC(S(=O)(=O)N(C)c2ccc3c(c2)nc(C(C)(C)C)n3CC2CCCCN2C)=CC1. The van der Waals surface area contributed by atoms with E-state index >= 15 is 0 Å². The van der Waals surface area contributed by atoms with Gasteiger partial charge in [-0.2, -0.15) is 0 Å². The third kappa shape index (κ3) is 5.62. The van der Waals surface area contributed by atoms with Crippen LogP contribution in [0.2, 0.25) is 0 Å². The normalized spacial score (nSPS) is 23.2. The number of carbonyl (C=O) groups excluding carboxylic acids is 1. The largest absolute Gasteiger partial charge is 0.347 e. The molecule has 1 aliphatic carbocycles. The summed E-state index contributed by atoms with van der Waals surface area (Å²) in [6.45, 7) is 11.8. The molecule has 1 unspecified atom stereocenters. The molecule has 1 aliphatic heterocycles. The fraction of sp³-hybridized carbons (Fsp3) is 0.571. The van der Waals surface area contributed by atoms with Crippen molar-refractivity contribution >= 4 is 32.7 Å². The Hall–Kier alpha value is -2.65. The van der Waals surface area contributed by atoms with E-state index in [1.165, 1.54) is 30.5 Å². The standard InChI is InChI=1S/C28H41N5O3S/c1-20(34)30-28(5)15-13-23(14-16-28)37(35,36)32(7)21-11-12-25-24(18-21)29-26(27(2,3)4)33(25)19-22-10-8-9-17-31(22)6/h11-15,18,22H,8-10,16-17,19H2,1-7H3,(H,30,34)/t22?,28-/m0/s1. The average Bonchev–Trinajstić information content (AvgIpc) is 3.17. The summed E-state index contributed by atoms with van der Waals surface area (Å²) in [5, 5.41) is 2.87. The Morgan fingerprint density at radius 1 is 1.27 bits per heavy atom. The lowest BCUT2D eigenvalue weighted by Crippen LogP contribution is -2.44. The van der Waals surface area contributed by atoms with Gasteiger partial charge in [0, 0.05) is 32.0 Å². The van der Waals surface area contributed by atoms with E-state index in [-0.39, 0.29) is 16.2 Å². The summed E-state index contributed by atoms with van der Waals surface area (Å²) in [7, 11) is 0.00364. The highest BCUT2D eigenvalue weighted by atomic mass is 32.2. The molecule has 1 aromatic carbocycles. The van der Waals surface area contributed by atoms with E-state index in [1.54, 1.807) is 25.3 Å². The molecule has 9 heteroatoms. The first-order chi connectivity index (χ1) is 17.2. The predicted molar refractivity (Wildman–Crippen MR) is 150 cm³/mol. The first-order valence-corrected chi connectivity index (χ1v) is 14.5. The zero-order valence-electron chi connectivity index (χ0n) is 23.2. The van der Waals surface area contributed by atoms with Crippen LogP contribution < -0.4 is 9.62 Å². The van der Waals surface area contributed by atoms with Crippen molar-refractivity contribution in [3.05, 3.63) is 47.2 Å². The van der Waals surface area contributed by atoms with Crippen molar-refractivity contribution in [2.45, 2.75) is 83.8 Å². The molecule has 1 aromatic heterocycles. The van der Waals surface area contributed by atoms with Crippen molar-refractivity contribution in [1.29, 1.82) is 0 Å². The van der Waals surface area contributed by atoms with Crippen molar-refractivity contribution in [2.75, 3.05) is 24.9 Å². The monoisotopic (exact) mass is 527 g/mol. The molecule has 1 saturated heterocycles. The summed E-state index contributed by atoms with van der Waals surface area (Å²) < 4.78 is 30.6. The third-order valence-electron chi connectivity index (χ3n) is 7.54. The Morgan fingerprint density at radius 3 is 2.59 bits per heavy atom. The summed E-state index contributed by atoms with van der Waals surface area (Å²) in [4.78, 5) is 19.2. The summed E-state index contributed by atoms with van der Waals surface area (Å²) >= 11 is 0. The van der Waals surface area contributed by atoms with Crippen molar-refractivity contribution in [3.8, 4) is 0 Å². The number of nitrogens with zero attached hydrogens (tertiary/aromatic N) is 4. The Labute approximate surface area is 221 Å². The van der Waals surface area contributed by atoms with Gasteiger partial charge in [-0.1, -0.05) is 39.3 Å². The fourth-order valence-corrected chi connectivity index (χ4v) is 6.60. The summed E-state index contributed by atoms with van der Waals surface area (Å²) in [6, 6.07) is 6.20. The van der Waals surface area contributed by atoms with Gasteiger partial charge in [0.15, 0.2) is 0 Å². The molecule has 2 atom stereocenters. The second-order valence-electron chi connectivity index (χ2n) is 11.8. The molecule has 1 amide bonds. The molecule has 1 fully saturated rings. The number of rotatable bonds is 6. The maximum atomic E-state index is 13.5. The number of fused-ring (bicyclic) bond motifs is 1. The number of likely N-dealkylation sites (tertiary alicyclic amines) is 1. The molecule has 2 aliphatic rings. The Bertz CT molecular complexity index is 1350. The van der Waals surface area contributed by atoms with Crippen LogP contribution in [0.5, 0.6) is 0 Å². The Kier molecular flexibility index (Phi) is 7.33. The highest BCUT2D eigenvalue weighted by Gasteiger charge is 2.31. The van der Waals surface area contributed by atoms with Gasteiger partial charge in [0.05, 0.1) is 27.2 Å². The first kappa shape index (κ1) is 27.4. The van der Waals surface area contributed by atoms with Gasteiger partial charge in [-0.05, 0) is 64.1 Å². The van der Waals surface area contributed by atoms with Crippen molar-refractivity contribution in [3.63, 3.8) is 0 Å². The number of aromatic nitrogens is 2. The van der Waals surface area contributed by atoms with E-state index in [0.717, 1.165) is 29.9 Å². The molecule has 1 N–H and O–H groups in total. The minimum absolute atomic E-state index is 0.150. The second kappa shape index (κ2) is 9.91. The number of nitrogens with one attached hydrogen (secondary N) is 1. The van der Waals surface area contributed by atoms with Gasteiger partial charge in [-0.3, -0.25) is 9.10 Å². The van der Waals surface area contributed by atoms with Crippen LogP contribution in [0.25, 0.3) is 11.0 Å². The lowest BCUT2D eigenvalue weighted by atomic mass is 9.93. The fourth-order valence-electron chi connectivity index (χ4n) is 5.35. The van der Waals surface area contributed by atoms with Gasteiger partial charge in [0.2, 0.25) is 5.91 Å². The molecule has 8 nitrogen and oxygen atoms in total. The molecule has 2 heterocycles. The van der Waals surface area contributed by atoms with Crippen LogP contribution in [0.3, 0.4) is 0 Å². The van der Waals surface area contributed by atoms with Crippen molar-refractivity contribution < 1.29 is 13.2 Å². The smallest absolute Gasteiger partial charge is 0.263 e. The van der Waals surface area contributed by atoms with Crippen molar-refractivity contribution in [2.24, 2.45) is 0 Å². The van der Waals surface area contributed by atoms with Gasteiger partial charge in [-0.25, -0.2) is 13.4 Å². The molecular weight excluding hydrogens is 486 g/mol. The van der Waals surface area contributed by atoms with Crippen LogP contribution in [0.4, 0.5) is 5.69 Å². The average molecular weight is 528 g/mol.